The molecule has 0 aliphatic rings. The third kappa shape index (κ3) is 5.02. The third-order valence-corrected chi connectivity index (χ3v) is 4.03. The topological polar surface area (TPSA) is 48.3 Å². The number of rotatable bonds is 10. The lowest BCUT2D eigenvalue weighted by Gasteiger charge is -2.06. The number of hydrogen-bond donors (Lipinski definition) is 1. The predicted octanol–water partition coefficient (Wildman–Crippen LogP) is 3.29. The number of methoxy groups -OCH3 is 1. The molecule has 2 aromatic carbocycles. The molecule has 1 N–H and O–H groups in total. The number of nitrogens with one attached hydrogen (secondary N) is 1. The van der Waals surface area contributed by atoms with Gasteiger partial charge in [-0.1, -0.05) is 48.5 Å². The van der Waals surface area contributed by atoms with Crippen molar-refractivity contribution in [1.29, 1.82) is 0 Å². The highest BCUT2D eigenvalue weighted by Crippen LogP contribution is 2.23. The van der Waals surface area contributed by atoms with Gasteiger partial charge in [0.05, 0.1) is 31.2 Å². The lowest BCUT2D eigenvalue weighted by atomic mass is 10.1. The van der Waals surface area contributed by atoms with Crippen molar-refractivity contribution >= 4 is 0 Å². The van der Waals surface area contributed by atoms with Gasteiger partial charge in [0.1, 0.15) is 0 Å². The Morgan fingerprint density at radius 1 is 0.923 bits per heavy atom. The molecule has 0 amide bonds. The van der Waals surface area contributed by atoms with Crippen molar-refractivity contribution in [2.75, 3.05) is 33.5 Å². The number of ether oxygens (including phenoxy) is 2. The van der Waals surface area contributed by atoms with Crippen LogP contribution in [0.3, 0.4) is 0 Å². The van der Waals surface area contributed by atoms with Crippen molar-refractivity contribution in [1.82, 2.24) is 15.1 Å². The van der Waals surface area contributed by atoms with E-state index in [1.54, 1.807) is 7.11 Å². The molecule has 0 aliphatic heterocycles. The van der Waals surface area contributed by atoms with Crippen molar-refractivity contribution in [3.8, 4) is 16.9 Å². The van der Waals surface area contributed by atoms with E-state index in [1.165, 1.54) is 0 Å². The highest BCUT2D eigenvalue weighted by Gasteiger charge is 2.11. The Hall–Kier alpha value is -2.47. The number of nitrogens with zero attached hydrogens (tertiary/aromatic N) is 2. The Labute approximate surface area is 154 Å². The van der Waals surface area contributed by atoms with Crippen molar-refractivity contribution in [2.24, 2.45) is 0 Å². The van der Waals surface area contributed by atoms with Crippen LogP contribution in [0.1, 0.15) is 5.56 Å². The number of benzene rings is 2. The van der Waals surface area contributed by atoms with Crippen molar-refractivity contribution in [3.63, 3.8) is 0 Å². The monoisotopic (exact) mass is 351 g/mol. The molecule has 0 aliphatic carbocycles. The summed E-state index contributed by atoms with van der Waals surface area (Å²) in [6.07, 6.45) is 2.09. The van der Waals surface area contributed by atoms with Crippen LogP contribution >= 0.6 is 0 Å². The lowest BCUT2D eigenvalue weighted by Crippen LogP contribution is -2.20. The molecule has 136 valence electrons. The maximum atomic E-state index is 5.49. The summed E-state index contributed by atoms with van der Waals surface area (Å²) in [4.78, 5) is 0. The molecular formula is C21H25N3O2. The quantitative estimate of drug-likeness (QED) is 0.570. The van der Waals surface area contributed by atoms with Crippen LogP contribution in [0.15, 0.2) is 66.9 Å². The molecule has 26 heavy (non-hydrogen) atoms. The molecule has 0 saturated carbocycles. The first-order valence-corrected chi connectivity index (χ1v) is 8.85. The van der Waals surface area contributed by atoms with Crippen LogP contribution in [0.5, 0.6) is 0 Å². The Balaban J connectivity index is 1.70. The second-order valence-electron chi connectivity index (χ2n) is 5.93. The fraction of sp³-hybridized carbons (Fsp3) is 0.286. The summed E-state index contributed by atoms with van der Waals surface area (Å²) in [5.74, 6) is 0. The van der Waals surface area contributed by atoms with Crippen LogP contribution in [0, 0.1) is 0 Å². The van der Waals surface area contributed by atoms with Gasteiger partial charge in [0.25, 0.3) is 0 Å². The Morgan fingerprint density at radius 2 is 1.65 bits per heavy atom. The zero-order chi connectivity index (χ0) is 18.0. The Morgan fingerprint density at radius 3 is 2.38 bits per heavy atom. The van der Waals surface area contributed by atoms with Gasteiger partial charge in [0.2, 0.25) is 0 Å². The Kier molecular flexibility index (Phi) is 6.96. The molecule has 0 atom stereocenters. The Bertz CT molecular complexity index is 772. The summed E-state index contributed by atoms with van der Waals surface area (Å²) in [5.41, 5.74) is 4.34. The van der Waals surface area contributed by atoms with E-state index in [1.807, 2.05) is 41.1 Å². The molecular weight excluding hydrogens is 326 g/mol. The van der Waals surface area contributed by atoms with Crippen molar-refractivity contribution in [3.05, 3.63) is 72.4 Å². The molecule has 3 rings (SSSR count). The minimum atomic E-state index is 0.624. The zero-order valence-electron chi connectivity index (χ0n) is 15.1. The van der Waals surface area contributed by atoms with Crippen LogP contribution in [0.2, 0.25) is 0 Å². The largest absolute Gasteiger partial charge is 0.382 e. The minimum Gasteiger partial charge on any atom is -0.382 e. The summed E-state index contributed by atoms with van der Waals surface area (Å²) in [6.45, 7) is 3.44. The van der Waals surface area contributed by atoms with Crippen molar-refractivity contribution < 1.29 is 9.47 Å². The number of aromatic nitrogens is 2. The van der Waals surface area contributed by atoms with E-state index >= 15 is 0 Å². The van der Waals surface area contributed by atoms with E-state index in [0.29, 0.717) is 19.8 Å². The van der Waals surface area contributed by atoms with Crippen LogP contribution in [-0.4, -0.2) is 43.3 Å². The first-order chi connectivity index (χ1) is 12.9. The third-order valence-electron chi connectivity index (χ3n) is 4.03. The van der Waals surface area contributed by atoms with Crippen molar-refractivity contribution in [2.45, 2.75) is 6.54 Å². The molecule has 0 spiro atoms. The van der Waals surface area contributed by atoms with E-state index in [-0.39, 0.29) is 0 Å². The van der Waals surface area contributed by atoms with Crippen LogP contribution in [-0.2, 0) is 16.0 Å². The molecule has 0 radical (unpaired) electrons. The average Bonchev–Trinajstić information content (AvgIpc) is 3.13. The van der Waals surface area contributed by atoms with Gasteiger partial charge in [-0.2, -0.15) is 5.10 Å². The molecule has 5 nitrogen and oxygen atoms in total. The molecule has 0 saturated heterocycles. The van der Waals surface area contributed by atoms with Crippen LogP contribution in [0.4, 0.5) is 0 Å². The normalized spacial score (nSPS) is 11.0. The SMILES string of the molecule is COCCOCCNCc1cn(-c2ccccc2)nc1-c1ccccc1. The average molecular weight is 351 g/mol. The molecule has 1 heterocycles. The molecule has 3 aromatic rings. The zero-order valence-corrected chi connectivity index (χ0v) is 15.1. The van der Waals surface area contributed by atoms with Gasteiger partial charge in [0, 0.05) is 37.5 Å². The number of hydrogen-bond acceptors (Lipinski definition) is 4. The van der Waals surface area contributed by atoms with Crippen LogP contribution in [0.25, 0.3) is 16.9 Å². The second-order valence-corrected chi connectivity index (χ2v) is 5.93. The first-order valence-electron chi connectivity index (χ1n) is 8.85. The first kappa shape index (κ1) is 18.3. The van der Waals surface area contributed by atoms with Gasteiger partial charge in [-0.25, -0.2) is 4.68 Å². The van der Waals surface area contributed by atoms with E-state index in [4.69, 9.17) is 14.6 Å². The van der Waals surface area contributed by atoms with Gasteiger partial charge in [0.15, 0.2) is 0 Å². The molecule has 0 bridgehead atoms. The smallest absolute Gasteiger partial charge is 0.0972 e. The van der Waals surface area contributed by atoms with Gasteiger partial charge in [-0.05, 0) is 12.1 Å². The summed E-state index contributed by atoms with van der Waals surface area (Å²) in [7, 11) is 1.68. The highest BCUT2D eigenvalue weighted by atomic mass is 16.5. The fourth-order valence-electron chi connectivity index (χ4n) is 2.70. The maximum Gasteiger partial charge on any atom is 0.0972 e. The molecule has 5 heteroatoms. The fourth-order valence-corrected chi connectivity index (χ4v) is 2.70. The van der Waals surface area contributed by atoms with E-state index in [9.17, 15) is 0 Å². The highest BCUT2D eigenvalue weighted by molar-refractivity contribution is 5.63. The number of para-hydroxylation sites is 1. The van der Waals surface area contributed by atoms with Gasteiger partial charge in [-0.15, -0.1) is 0 Å². The van der Waals surface area contributed by atoms with E-state index in [0.717, 1.165) is 35.6 Å². The maximum absolute atomic E-state index is 5.49. The predicted molar refractivity (Wildman–Crippen MR) is 103 cm³/mol. The van der Waals surface area contributed by atoms with Gasteiger partial charge in [-0.3, -0.25) is 0 Å². The summed E-state index contributed by atoms with van der Waals surface area (Å²) in [6, 6.07) is 20.5. The van der Waals surface area contributed by atoms with Gasteiger partial charge >= 0.3 is 0 Å². The lowest BCUT2D eigenvalue weighted by molar-refractivity contribution is 0.0719. The summed E-state index contributed by atoms with van der Waals surface area (Å²) >= 11 is 0. The van der Waals surface area contributed by atoms with E-state index in [2.05, 4.69) is 35.8 Å². The summed E-state index contributed by atoms with van der Waals surface area (Å²) < 4.78 is 12.4. The second kappa shape index (κ2) is 9.87. The van der Waals surface area contributed by atoms with Gasteiger partial charge < -0.3 is 14.8 Å². The molecule has 0 unspecified atom stereocenters. The molecule has 1 aromatic heterocycles. The van der Waals surface area contributed by atoms with E-state index < -0.39 is 0 Å². The minimum absolute atomic E-state index is 0.624. The molecule has 0 fully saturated rings. The van der Waals surface area contributed by atoms with Crippen LogP contribution < -0.4 is 5.32 Å². The summed E-state index contributed by atoms with van der Waals surface area (Å²) in [5, 5.41) is 8.25. The standard InChI is InChI=1S/C21H25N3O2/c1-25-14-15-26-13-12-22-16-19-17-24(20-10-6-3-7-11-20)23-21(19)18-8-4-2-5-9-18/h2-11,17,22H,12-16H2,1H3.